The zero-order valence-electron chi connectivity index (χ0n) is 10.1. The molecule has 0 amide bonds. The predicted molar refractivity (Wildman–Crippen MR) is 78.9 cm³/mol. The van der Waals surface area contributed by atoms with Crippen LogP contribution in [0.1, 0.15) is 18.5 Å². The molecule has 1 atom stereocenters. The summed E-state index contributed by atoms with van der Waals surface area (Å²) in [4.78, 5) is 0. The topological polar surface area (TPSA) is 72.2 Å². The Bertz CT molecular complexity index is 665. The summed E-state index contributed by atoms with van der Waals surface area (Å²) in [6, 6.07) is 8.14. The Kier molecular flexibility index (Phi) is 4.15. The lowest BCUT2D eigenvalue weighted by Crippen LogP contribution is -2.26. The van der Waals surface area contributed by atoms with Crippen molar-refractivity contribution in [3.8, 4) is 0 Å². The average molecular weight is 317 g/mol. The summed E-state index contributed by atoms with van der Waals surface area (Å²) in [5, 5.41) is 2.21. The highest BCUT2D eigenvalue weighted by atomic mass is 35.5. The minimum atomic E-state index is -3.54. The maximum atomic E-state index is 12.1. The van der Waals surface area contributed by atoms with E-state index < -0.39 is 10.0 Å². The van der Waals surface area contributed by atoms with Gasteiger partial charge in [0.05, 0.1) is 0 Å². The number of thiophene rings is 1. The van der Waals surface area contributed by atoms with Crippen molar-refractivity contribution >= 4 is 38.6 Å². The maximum absolute atomic E-state index is 12.1. The van der Waals surface area contributed by atoms with Crippen molar-refractivity contribution in [2.75, 3.05) is 5.73 Å². The zero-order chi connectivity index (χ0) is 14.0. The zero-order valence-corrected chi connectivity index (χ0v) is 12.5. The number of nitrogens with two attached hydrogens (primary N) is 1. The number of sulfonamides is 1. The van der Waals surface area contributed by atoms with E-state index in [4.69, 9.17) is 17.3 Å². The lowest BCUT2D eigenvalue weighted by atomic mass is 10.1. The van der Waals surface area contributed by atoms with E-state index in [0.717, 1.165) is 16.9 Å². The van der Waals surface area contributed by atoms with Gasteiger partial charge in [-0.15, -0.1) is 11.3 Å². The minimum Gasteiger partial charge on any atom is -0.398 e. The van der Waals surface area contributed by atoms with Crippen molar-refractivity contribution in [3.63, 3.8) is 0 Å². The number of benzene rings is 1. The molecule has 0 aliphatic rings. The first-order valence-corrected chi connectivity index (χ1v) is 8.24. The van der Waals surface area contributed by atoms with E-state index in [9.17, 15) is 8.42 Å². The highest BCUT2D eigenvalue weighted by Crippen LogP contribution is 2.24. The monoisotopic (exact) mass is 316 g/mol. The third-order valence-corrected chi connectivity index (χ3v) is 5.81. The van der Waals surface area contributed by atoms with Crippen LogP contribution in [0.3, 0.4) is 0 Å². The normalized spacial score (nSPS) is 13.4. The van der Waals surface area contributed by atoms with Crippen molar-refractivity contribution in [3.05, 3.63) is 46.3 Å². The number of halogens is 1. The summed E-state index contributed by atoms with van der Waals surface area (Å²) in [6.07, 6.45) is 0. The van der Waals surface area contributed by atoms with Crippen LogP contribution >= 0.6 is 22.9 Å². The molecule has 1 aromatic heterocycles. The Morgan fingerprint density at radius 1 is 1.32 bits per heavy atom. The van der Waals surface area contributed by atoms with Gasteiger partial charge in [0, 0.05) is 22.1 Å². The molecule has 102 valence electrons. The maximum Gasteiger partial charge on any atom is 0.250 e. The molecule has 0 fully saturated rings. The molecule has 0 spiro atoms. The summed E-state index contributed by atoms with van der Waals surface area (Å²) in [5.74, 6) is 0. The van der Waals surface area contributed by atoms with Crippen molar-refractivity contribution in [2.24, 2.45) is 0 Å². The Labute approximate surface area is 121 Å². The molecule has 2 aromatic rings. The summed E-state index contributed by atoms with van der Waals surface area (Å²) < 4.78 is 27.0. The van der Waals surface area contributed by atoms with Crippen LogP contribution in [0, 0.1) is 0 Å². The smallest absolute Gasteiger partial charge is 0.250 e. The molecule has 0 saturated carbocycles. The van der Waals surface area contributed by atoms with E-state index in [1.165, 1.54) is 6.07 Å². The largest absolute Gasteiger partial charge is 0.398 e. The lowest BCUT2D eigenvalue weighted by Gasteiger charge is -2.13. The summed E-state index contributed by atoms with van der Waals surface area (Å²) in [5.41, 5.74) is 6.83. The van der Waals surface area contributed by atoms with Gasteiger partial charge in [-0.2, -0.15) is 0 Å². The molecule has 1 aromatic carbocycles. The van der Waals surface area contributed by atoms with Gasteiger partial charge >= 0.3 is 0 Å². The summed E-state index contributed by atoms with van der Waals surface area (Å²) in [6.45, 7) is 1.78. The van der Waals surface area contributed by atoms with Crippen molar-refractivity contribution in [1.29, 1.82) is 0 Å². The second kappa shape index (κ2) is 5.50. The standard InChI is InChI=1S/C12H13ClN2O2S2/c1-8(9-2-4-10(13)5-3-9)15-19(16,17)12-6-11(14)7-18-12/h2-8,15H,14H2,1H3. The van der Waals surface area contributed by atoms with Crippen LogP contribution in [-0.4, -0.2) is 8.42 Å². The molecular formula is C12H13ClN2O2S2. The van der Waals surface area contributed by atoms with Crippen LogP contribution in [0.15, 0.2) is 39.9 Å². The Hall–Kier alpha value is -1.08. The summed E-state index contributed by atoms with van der Waals surface area (Å²) in [7, 11) is -3.54. The third-order valence-electron chi connectivity index (χ3n) is 2.56. The molecule has 1 unspecified atom stereocenters. The second-order valence-electron chi connectivity index (χ2n) is 4.09. The number of nitrogens with one attached hydrogen (secondary N) is 1. The molecule has 4 nitrogen and oxygen atoms in total. The lowest BCUT2D eigenvalue weighted by molar-refractivity contribution is 0.569. The van der Waals surface area contributed by atoms with E-state index >= 15 is 0 Å². The van der Waals surface area contributed by atoms with E-state index in [1.807, 2.05) is 0 Å². The van der Waals surface area contributed by atoms with Gasteiger partial charge in [0.25, 0.3) is 10.0 Å². The highest BCUT2D eigenvalue weighted by Gasteiger charge is 2.20. The van der Waals surface area contributed by atoms with Crippen LogP contribution in [0.25, 0.3) is 0 Å². The molecule has 0 aliphatic carbocycles. The first-order chi connectivity index (χ1) is 8.88. The molecule has 0 radical (unpaired) electrons. The van der Waals surface area contributed by atoms with E-state index in [-0.39, 0.29) is 10.3 Å². The summed E-state index contributed by atoms with van der Waals surface area (Å²) >= 11 is 6.90. The average Bonchev–Trinajstić information content (AvgIpc) is 2.77. The second-order valence-corrected chi connectivity index (χ2v) is 7.38. The number of hydrogen-bond donors (Lipinski definition) is 2. The molecular weight excluding hydrogens is 304 g/mol. The molecule has 3 N–H and O–H groups in total. The quantitative estimate of drug-likeness (QED) is 0.910. The van der Waals surface area contributed by atoms with Crippen molar-refractivity contribution < 1.29 is 8.42 Å². The molecule has 19 heavy (non-hydrogen) atoms. The van der Waals surface area contributed by atoms with E-state index in [0.29, 0.717) is 10.7 Å². The molecule has 2 rings (SSSR count). The van der Waals surface area contributed by atoms with E-state index in [1.54, 1.807) is 36.6 Å². The van der Waals surface area contributed by atoms with Crippen LogP contribution < -0.4 is 10.5 Å². The van der Waals surface area contributed by atoms with Gasteiger partial charge in [-0.25, -0.2) is 13.1 Å². The third kappa shape index (κ3) is 3.48. The minimum absolute atomic E-state index is 0.214. The Morgan fingerprint density at radius 3 is 2.47 bits per heavy atom. The fraction of sp³-hybridized carbons (Fsp3) is 0.167. The van der Waals surface area contributed by atoms with Gasteiger partial charge < -0.3 is 5.73 Å². The molecule has 7 heteroatoms. The van der Waals surface area contributed by atoms with Gasteiger partial charge in [-0.05, 0) is 30.7 Å². The van der Waals surface area contributed by atoms with Gasteiger partial charge in [0.2, 0.25) is 0 Å². The van der Waals surface area contributed by atoms with Crippen LogP contribution in [-0.2, 0) is 10.0 Å². The van der Waals surface area contributed by atoms with Gasteiger partial charge in [0.1, 0.15) is 4.21 Å². The van der Waals surface area contributed by atoms with Crippen LogP contribution in [0.2, 0.25) is 5.02 Å². The van der Waals surface area contributed by atoms with Crippen LogP contribution in [0.4, 0.5) is 5.69 Å². The fourth-order valence-electron chi connectivity index (χ4n) is 1.58. The predicted octanol–water partition coefficient (Wildman–Crippen LogP) is 3.02. The Balaban J connectivity index is 2.18. The SMILES string of the molecule is CC(NS(=O)(=O)c1cc(N)cs1)c1ccc(Cl)cc1. The van der Waals surface area contributed by atoms with Crippen LogP contribution in [0.5, 0.6) is 0 Å². The Morgan fingerprint density at radius 2 is 1.95 bits per heavy atom. The van der Waals surface area contributed by atoms with E-state index in [2.05, 4.69) is 4.72 Å². The van der Waals surface area contributed by atoms with Gasteiger partial charge in [-0.3, -0.25) is 0 Å². The fourth-order valence-corrected chi connectivity index (χ4v) is 4.04. The molecule has 0 bridgehead atoms. The van der Waals surface area contributed by atoms with Gasteiger partial charge in [-0.1, -0.05) is 23.7 Å². The highest BCUT2D eigenvalue weighted by molar-refractivity contribution is 7.91. The number of hydrogen-bond acceptors (Lipinski definition) is 4. The first kappa shape index (κ1) is 14.3. The molecule has 0 aliphatic heterocycles. The number of rotatable bonds is 4. The van der Waals surface area contributed by atoms with Gasteiger partial charge in [0.15, 0.2) is 0 Å². The number of anilines is 1. The molecule has 1 heterocycles. The van der Waals surface area contributed by atoms with Crippen molar-refractivity contribution in [1.82, 2.24) is 4.72 Å². The number of nitrogen functional groups attached to an aromatic ring is 1. The molecule has 0 saturated heterocycles. The van der Waals surface area contributed by atoms with Crippen molar-refractivity contribution in [2.45, 2.75) is 17.2 Å². The first-order valence-electron chi connectivity index (χ1n) is 5.50.